The average Bonchev–Trinajstić information content (AvgIpc) is 2.21. The van der Waals surface area contributed by atoms with Crippen LogP contribution in [0.25, 0.3) is 0 Å². The molecule has 0 saturated heterocycles. The van der Waals surface area contributed by atoms with E-state index in [1.54, 1.807) is 0 Å². The van der Waals surface area contributed by atoms with Gasteiger partial charge in [0.2, 0.25) is 0 Å². The number of hydrogen-bond acceptors (Lipinski definition) is 2. The maximum absolute atomic E-state index is 12.2. The molecule has 0 bridgehead atoms. The summed E-state index contributed by atoms with van der Waals surface area (Å²) in [4.78, 5) is 12.2. The normalized spacial score (nSPS) is 24.1. The lowest BCUT2D eigenvalue weighted by molar-refractivity contribution is -0.152. The molecule has 0 aromatic rings. The smallest absolute Gasteiger partial charge is 0.313 e. The van der Waals surface area contributed by atoms with Crippen LogP contribution in [0.5, 0.6) is 0 Å². The quantitative estimate of drug-likeness (QED) is 0.549. The van der Waals surface area contributed by atoms with Gasteiger partial charge in [0.1, 0.15) is 0 Å². The fraction of sp³-hybridized carbons (Fsp3) is 0.800. The second-order valence-electron chi connectivity index (χ2n) is 6.41. The molecule has 0 heterocycles. The lowest BCUT2D eigenvalue weighted by atomic mass is 9.66. The Bertz CT molecular complexity index is 324. The third-order valence-corrected chi connectivity index (χ3v) is 3.83. The molecule has 0 aliphatic heterocycles. The van der Waals surface area contributed by atoms with Gasteiger partial charge in [-0.15, -0.1) is 0 Å². The highest BCUT2D eigenvalue weighted by Crippen LogP contribution is 2.44. The van der Waals surface area contributed by atoms with Crippen LogP contribution in [0.15, 0.2) is 11.1 Å². The van der Waals surface area contributed by atoms with Crippen molar-refractivity contribution in [3.63, 3.8) is 0 Å². The molecule has 0 radical (unpaired) electrons. The van der Waals surface area contributed by atoms with Gasteiger partial charge in [-0.25, -0.2) is 0 Å². The highest BCUT2D eigenvalue weighted by Gasteiger charge is 2.40. The lowest BCUT2D eigenvalue weighted by Crippen LogP contribution is -2.36. The van der Waals surface area contributed by atoms with Gasteiger partial charge in [-0.05, 0) is 38.0 Å². The van der Waals surface area contributed by atoms with Crippen LogP contribution in [0.2, 0.25) is 0 Å². The zero-order valence-electron chi connectivity index (χ0n) is 12.1. The zero-order valence-corrected chi connectivity index (χ0v) is 12.1. The van der Waals surface area contributed by atoms with E-state index in [9.17, 15) is 4.79 Å². The van der Waals surface area contributed by atoms with Crippen molar-refractivity contribution >= 4 is 5.97 Å². The van der Waals surface area contributed by atoms with Crippen LogP contribution < -0.4 is 0 Å². The summed E-state index contributed by atoms with van der Waals surface area (Å²) in [6, 6.07) is 0. The van der Waals surface area contributed by atoms with Crippen molar-refractivity contribution in [3.05, 3.63) is 11.1 Å². The molecular weight excluding hydrogens is 212 g/mol. The van der Waals surface area contributed by atoms with Gasteiger partial charge in [-0.3, -0.25) is 4.79 Å². The number of hydrogen-bond donors (Lipinski definition) is 0. The third kappa shape index (κ3) is 3.34. The first-order chi connectivity index (χ1) is 7.75. The second-order valence-corrected chi connectivity index (χ2v) is 6.41. The second kappa shape index (κ2) is 5.24. The first-order valence-corrected chi connectivity index (χ1v) is 6.58. The van der Waals surface area contributed by atoms with Crippen molar-refractivity contribution in [2.24, 2.45) is 17.3 Å². The lowest BCUT2D eigenvalue weighted by Gasteiger charge is -2.38. The zero-order chi connectivity index (χ0) is 13.2. The number of rotatable bonds is 3. The molecule has 1 unspecified atom stereocenters. The monoisotopic (exact) mass is 238 g/mol. The van der Waals surface area contributed by atoms with Gasteiger partial charge < -0.3 is 4.74 Å². The molecule has 0 aromatic heterocycles. The maximum atomic E-state index is 12.2. The Kier molecular flexibility index (Phi) is 4.40. The van der Waals surface area contributed by atoms with Crippen molar-refractivity contribution in [1.82, 2.24) is 0 Å². The Morgan fingerprint density at radius 1 is 1.41 bits per heavy atom. The van der Waals surface area contributed by atoms with Crippen LogP contribution in [0.3, 0.4) is 0 Å². The largest absolute Gasteiger partial charge is 0.465 e. The fourth-order valence-electron chi connectivity index (χ4n) is 2.51. The molecule has 0 spiro atoms. The van der Waals surface area contributed by atoms with Crippen LogP contribution in [0.4, 0.5) is 0 Å². The summed E-state index contributed by atoms with van der Waals surface area (Å²) >= 11 is 0. The molecule has 0 N–H and O–H groups in total. The Balaban J connectivity index is 2.84. The van der Waals surface area contributed by atoms with Crippen LogP contribution in [0.1, 0.15) is 54.4 Å². The Labute approximate surface area is 105 Å². The molecular formula is C15H26O2. The molecule has 2 heteroatoms. The van der Waals surface area contributed by atoms with E-state index in [0.717, 1.165) is 12.8 Å². The van der Waals surface area contributed by atoms with Crippen LogP contribution >= 0.6 is 0 Å². The molecule has 17 heavy (non-hydrogen) atoms. The summed E-state index contributed by atoms with van der Waals surface area (Å²) in [7, 11) is 0. The fourth-order valence-corrected chi connectivity index (χ4v) is 2.51. The minimum absolute atomic E-state index is 0.0255. The molecule has 2 nitrogen and oxygen atoms in total. The van der Waals surface area contributed by atoms with Crippen LogP contribution in [-0.4, -0.2) is 12.6 Å². The minimum Gasteiger partial charge on any atom is -0.465 e. The van der Waals surface area contributed by atoms with E-state index in [1.165, 1.54) is 11.1 Å². The number of allylic oxidation sites excluding steroid dienone is 1. The highest BCUT2D eigenvalue weighted by molar-refractivity contribution is 5.77. The van der Waals surface area contributed by atoms with Gasteiger partial charge in [0.15, 0.2) is 0 Å². The van der Waals surface area contributed by atoms with Crippen molar-refractivity contribution in [1.29, 1.82) is 0 Å². The molecule has 1 atom stereocenters. The third-order valence-electron chi connectivity index (χ3n) is 3.83. The molecule has 0 fully saturated rings. The maximum Gasteiger partial charge on any atom is 0.313 e. The van der Waals surface area contributed by atoms with Gasteiger partial charge in [0.05, 0.1) is 12.5 Å². The summed E-state index contributed by atoms with van der Waals surface area (Å²) in [6.07, 6.45) is 2.17. The van der Waals surface area contributed by atoms with Crippen molar-refractivity contribution in [2.45, 2.75) is 54.4 Å². The van der Waals surface area contributed by atoms with Crippen molar-refractivity contribution in [3.8, 4) is 0 Å². The number of esters is 1. The minimum atomic E-state index is -0.0602. The van der Waals surface area contributed by atoms with E-state index in [4.69, 9.17) is 4.74 Å². The number of carbonyl (C=O) groups is 1. The van der Waals surface area contributed by atoms with E-state index in [1.807, 2.05) is 0 Å². The predicted octanol–water partition coefficient (Wildman–Crippen LogP) is 3.96. The van der Waals surface area contributed by atoms with Gasteiger partial charge in [-0.2, -0.15) is 0 Å². The summed E-state index contributed by atoms with van der Waals surface area (Å²) < 4.78 is 5.42. The first kappa shape index (κ1) is 14.3. The van der Waals surface area contributed by atoms with Crippen LogP contribution in [-0.2, 0) is 9.53 Å². The van der Waals surface area contributed by atoms with Gasteiger partial charge in [0.25, 0.3) is 0 Å². The van der Waals surface area contributed by atoms with Gasteiger partial charge in [-0.1, -0.05) is 38.8 Å². The Morgan fingerprint density at radius 3 is 2.53 bits per heavy atom. The molecule has 1 aliphatic rings. The highest BCUT2D eigenvalue weighted by atomic mass is 16.5. The average molecular weight is 238 g/mol. The molecule has 1 rings (SSSR count). The summed E-state index contributed by atoms with van der Waals surface area (Å²) in [5.74, 6) is 0.297. The van der Waals surface area contributed by atoms with E-state index in [2.05, 4.69) is 41.5 Å². The number of ether oxygens (including phenoxy) is 1. The van der Waals surface area contributed by atoms with Gasteiger partial charge in [0, 0.05) is 0 Å². The van der Waals surface area contributed by atoms with E-state index >= 15 is 0 Å². The van der Waals surface area contributed by atoms with Gasteiger partial charge >= 0.3 is 5.97 Å². The summed E-state index contributed by atoms with van der Waals surface area (Å²) in [6.45, 7) is 13.2. The van der Waals surface area contributed by atoms with E-state index in [-0.39, 0.29) is 17.3 Å². The Morgan fingerprint density at radius 2 is 2.00 bits per heavy atom. The predicted molar refractivity (Wildman–Crippen MR) is 70.7 cm³/mol. The molecule has 0 aromatic carbocycles. The Hall–Kier alpha value is -0.790. The standard InChI is InChI=1S/C15H26O2/c1-10(2)9-17-14(16)13-12(4)11(3)7-8-15(13,5)6/h10,13H,7-9H2,1-6H3. The van der Waals surface area contributed by atoms with Crippen molar-refractivity contribution < 1.29 is 9.53 Å². The molecule has 1 aliphatic carbocycles. The number of carbonyl (C=O) groups excluding carboxylic acids is 1. The molecule has 98 valence electrons. The topological polar surface area (TPSA) is 26.3 Å². The summed E-state index contributed by atoms with van der Waals surface area (Å²) in [5.41, 5.74) is 2.60. The van der Waals surface area contributed by atoms with Crippen LogP contribution in [0, 0.1) is 17.3 Å². The SMILES string of the molecule is CC1=C(C)C(C(=O)OCC(C)C)C(C)(C)CC1. The molecule has 0 amide bonds. The van der Waals surface area contributed by atoms with E-state index < -0.39 is 0 Å². The molecule has 0 saturated carbocycles. The van der Waals surface area contributed by atoms with E-state index in [0.29, 0.717) is 12.5 Å². The summed E-state index contributed by atoms with van der Waals surface area (Å²) in [5, 5.41) is 0. The van der Waals surface area contributed by atoms with Crippen molar-refractivity contribution in [2.75, 3.05) is 6.61 Å². The first-order valence-electron chi connectivity index (χ1n) is 6.58.